The highest BCUT2D eigenvalue weighted by Gasteiger charge is 2.23. The van der Waals surface area contributed by atoms with Crippen LogP contribution in [0.4, 0.5) is 5.00 Å². The maximum Gasteiger partial charge on any atom is 0.252 e. The fourth-order valence-electron chi connectivity index (χ4n) is 2.83. The topological polar surface area (TPSA) is 64.7 Å². The average Bonchev–Trinajstić information content (AvgIpc) is 2.91. The molecule has 23 heavy (non-hydrogen) atoms. The molecule has 1 amide bonds. The monoisotopic (exact) mass is 392 g/mol. The number of hydrogen-bond donors (Lipinski definition) is 1. The van der Waals surface area contributed by atoms with Gasteiger partial charge in [-0.05, 0) is 49.4 Å². The van der Waals surface area contributed by atoms with Crippen molar-refractivity contribution in [2.75, 3.05) is 7.11 Å². The van der Waals surface area contributed by atoms with Crippen LogP contribution in [0.15, 0.2) is 27.7 Å². The summed E-state index contributed by atoms with van der Waals surface area (Å²) in [6.07, 6.45) is 5.92. The summed E-state index contributed by atoms with van der Waals surface area (Å²) in [5, 5.41) is 0.700. The number of fused-ring (bicyclic) bond motifs is 1. The number of benzene rings is 1. The van der Waals surface area contributed by atoms with Gasteiger partial charge in [0.15, 0.2) is 0 Å². The number of amides is 1. The second kappa shape index (κ2) is 6.84. The van der Waals surface area contributed by atoms with E-state index in [0.29, 0.717) is 10.6 Å². The summed E-state index contributed by atoms with van der Waals surface area (Å²) in [7, 11) is 1.62. The maximum atomic E-state index is 11.9. The number of carbonyl (C=O) groups excluding carboxylic acids is 1. The third-order valence-corrected chi connectivity index (χ3v) is 5.60. The molecular formula is C17H17BrN2O2S. The predicted octanol–water partition coefficient (Wildman–Crippen LogP) is 4.25. The molecule has 120 valence electrons. The van der Waals surface area contributed by atoms with Gasteiger partial charge in [0, 0.05) is 21.1 Å². The molecule has 0 saturated carbocycles. The lowest BCUT2D eigenvalue weighted by Crippen LogP contribution is -2.14. The van der Waals surface area contributed by atoms with Gasteiger partial charge in [-0.1, -0.05) is 15.9 Å². The molecule has 0 saturated heterocycles. The molecule has 6 heteroatoms. The number of hydrogen-bond acceptors (Lipinski definition) is 4. The Bertz CT molecular complexity index is 783. The number of nitrogens with zero attached hydrogens (tertiary/aromatic N) is 1. The van der Waals surface area contributed by atoms with Gasteiger partial charge in [0.25, 0.3) is 5.91 Å². The number of methoxy groups -OCH3 is 1. The van der Waals surface area contributed by atoms with E-state index in [-0.39, 0.29) is 0 Å². The first-order valence-corrected chi connectivity index (χ1v) is 9.03. The lowest BCUT2D eigenvalue weighted by molar-refractivity contribution is 0.100. The molecule has 0 aliphatic heterocycles. The predicted molar refractivity (Wildman–Crippen MR) is 97.4 cm³/mol. The number of primary amides is 1. The number of carbonyl (C=O) groups is 1. The fraction of sp³-hybridized carbons (Fsp3) is 0.294. The minimum Gasteiger partial charge on any atom is -0.496 e. The van der Waals surface area contributed by atoms with Gasteiger partial charge in [-0.3, -0.25) is 4.79 Å². The SMILES string of the molecule is COc1ccc(Br)cc1C=Nc1sc2c(c1C(N)=O)CCCC2. The smallest absolute Gasteiger partial charge is 0.252 e. The van der Waals surface area contributed by atoms with Crippen molar-refractivity contribution < 1.29 is 9.53 Å². The third kappa shape index (κ3) is 3.33. The third-order valence-electron chi connectivity index (χ3n) is 3.91. The molecule has 3 rings (SSSR count). The van der Waals surface area contributed by atoms with Gasteiger partial charge in [0.1, 0.15) is 10.8 Å². The summed E-state index contributed by atoms with van der Waals surface area (Å²) < 4.78 is 6.29. The molecule has 0 fully saturated rings. The molecule has 0 unspecified atom stereocenters. The van der Waals surface area contributed by atoms with Crippen LogP contribution in [-0.4, -0.2) is 19.2 Å². The van der Waals surface area contributed by atoms with Crippen LogP contribution in [0.3, 0.4) is 0 Å². The average molecular weight is 393 g/mol. The summed E-state index contributed by atoms with van der Waals surface area (Å²) in [4.78, 5) is 17.7. The van der Waals surface area contributed by atoms with Crippen molar-refractivity contribution in [2.24, 2.45) is 10.7 Å². The Hall–Kier alpha value is -1.66. The van der Waals surface area contributed by atoms with Crippen LogP contribution in [0, 0.1) is 0 Å². The Morgan fingerprint density at radius 3 is 2.91 bits per heavy atom. The molecule has 1 aromatic carbocycles. The Labute approximate surface area is 147 Å². The van der Waals surface area contributed by atoms with Crippen LogP contribution in [-0.2, 0) is 12.8 Å². The first-order valence-electron chi connectivity index (χ1n) is 7.42. The standard InChI is InChI=1S/C17H17BrN2O2S/c1-22-13-7-6-11(18)8-10(13)9-20-17-15(16(19)21)12-4-2-3-5-14(12)23-17/h6-9H,2-5H2,1H3,(H2,19,21). The van der Waals surface area contributed by atoms with E-state index in [0.717, 1.165) is 47.0 Å². The van der Waals surface area contributed by atoms with Crippen LogP contribution in [0.25, 0.3) is 0 Å². The van der Waals surface area contributed by atoms with Gasteiger partial charge >= 0.3 is 0 Å². The summed E-state index contributed by atoms with van der Waals surface area (Å²) in [6.45, 7) is 0. The zero-order valence-corrected chi connectivity index (χ0v) is 15.2. The lowest BCUT2D eigenvalue weighted by Gasteiger charge is -2.10. The number of aliphatic imine (C=N–C) groups is 1. The highest BCUT2D eigenvalue weighted by molar-refractivity contribution is 9.10. The van der Waals surface area contributed by atoms with Crippen LogP contribution in [0.1, 0.15) is 39.2 Å². The molecular weight excluding hydrogens is 376 g/mol. The normalized spacial score (nSPS) is 14.0. The number of rotatable bonds is 4. The minimum atomic E-state index is -0.391. The first kappa shape index (κ1) is 16.2. The van der Waals surface area contributed by atoms with Gasteiger partial charge in [-0.25, -0.2) is 4.99 Å². The van der Waals surface area contributed by atoms with Crippen molar-refractivity contribution in [3.8, 4) is 5.75 Å². The highest BCUT2D eigenvalue weighted by Crippen LogP contribution is 2.39. The summed E-state index contributed by atoms with van der Waals surface area (Å²) in [5.41, 5.74) is 8.14. The van der Waals surface area contributed by atoms with E-state index in [4.69, 9.17) is 10.5 Å². The Kier molecular flexibility index (Phi) is 4.82. The van der Waals surface area contributed by atoms with Crippen LogP contribution in [0.5, 0.6) is 5.75 Å². The van der Waals surface area contributed by atoms with Crippen LogP contribution in [0.2, 0.25) is 0 Å². The largest absolute Gasteiger partial charge is 0.496 e. The summed E-state index contributed by atoms with van der Waals surface area (Å²) in [5.74, 6) is 0.344. The molecule has 0 atom stereocenters. The van der Waals surface area contributed by atoms with Crippen molar-refractivity contribution in [1.82, 2.24) is 0 Å². The molecule has 0 radical (unpaired) electrons. The molecule has 0 spiro atoms. The van der Waals surface area contributed by atoms with E-state index in [1.807, 2.05) is 18.2 Å². The quantitative estimate of drug-likeness (QED) is 0.790. The van der Waals surface area contributed by atoms with Crippen LogP contribution >= 0.6 is 27.3 Å². The van der Waals surface area contributed by atoms with Gasteiger partial charge in [-0.15, -0.1) is 11.3 Å². The van der Waals surface area contributed by atoms with Gasteiger partial charge in [0.05, 0.1) is 12.7 Å². The molecule has 1 aromatic heterocycles. The molecule has 1 aliphatic rings. The second-order valence-corrected chi connectivity index (χ2v) is 7.40. The number of halogens is 1. The first-order chi connectivity index (χ1) is 11.1. The maximum absolute atomic E-state index is 11.9. The van der Waals surface area contributed by atoms with Crippen molar-refractivity contribution in [3.05, 3.63) is 44.2 Å². The number of aryl methyl sites for hydroxylation is 1. The van der Waals surface area contributed by atoms with Crippen molar-refractivity contribution >= 4 is 44.4 Å². The molecule has 2 aromatic rings. The molecule has 1 heterocycles. The Morgan fingerprint density at radius 1 is 1.39 bits per heavy atom. The molecule has 1 aliphatic carbocycles. The number of nitrogens with two attached hydrogens (primary N) is 1. The van der Waals surface area contributed by atoms with E-state index in [2.05, 4.69) is 20.9 Å². The zero-order valence-electron chi connectivity index (χ0n) is 12.8. The molecule has 4 nitrogen and oxygen atoms in total. The molecule has 0 bridgehead atoms. The van der Waals surface area contributed by atoms with E-state index >= 15 is 0 Å². The van der Waals surface area contributed by atoms with Crippen molar-refractivity contribution in [2.45, 2.75) is 25.7 Å². The Balaban J connectivity index is 2.01. The van der Waals surface area contributed by atoms with E-state index in [1.165, 1.54) is 4.88 Å². The second-order valence-electron chi connectivity index (χ2n) is 5.40. The molecule has 2 N–H and O–H groups in total. The van der Waals surface area contributed by atoms with E-state index < -0.39 is 5.91 Å². The number of ether oxygens (including phenoxy) is 1. The van der Waals surface area contributed by atoms with Gasteiger partial charge in [0.2, 0.25) is 0 Å². The van der Waals surface area contributed by atoms with E-state index in [9.17, 15) is 4.79 Å². The minimum absolute atomic E-state index is 0.391. The number of thiophene rings is 1. The van der Waals surface area contributed by atoms with Crippen molar-refractivity contribution in [1.29, 1.82) is 0 Å². The highest BCUT2D eigenvalue weighted by atomic mass is 79.9. The van der Waals surface area contributed by atoms with E-state index in [1.54, 1.807) is 24.7 Å². The zero-order chi connectivity index (χ0) is 16.4. The summed E-state index contributed by atoms with van der Waals surface area (Å²) in [6, 6.07) is 5.72. The van der Waals surface area contributed by atoms with Crippen LogP contribution < -0.4 is 10.5 Å². The lowest BCUT2D eigenvalue weighted by atomic mass is 9.95. The van der Waals surface area contributed by atoms with Gasteiger partial charge in [-0.2, -0.15) is 0 Å². The van der Waals surface area contributed by atoms with Crippen molar-refractivity contribution in [3.63, 3.8) is 0 Å². The Morgan fingerprint density at radius 2 is 2.17 bits per heavy atom. The summed E-state index contributed by atoms with van der Waals surface area (Å²) >= 11 is 5.02. The van der Waals surface area contributed by atoms with Gasteiger partial charge < -0.3 is 10.5 Å². The fourth-order valence-corrected chi connectivity index (χ4v) is 4.45.